The molecule has 1 nitrogen and oxygen atoms in total. The van der Waals surface area contributed by atoms with Crippen LogP contribution in [0.5, 0.6) is 0 Å². The zero-order valence-corrected chi connectivity index (χ0v) is 9.97. The number of rotatable bonds is 1. The van der Waals surface area contributed by atoms with Gasteiger partial charge in [0.05, 0.1) is 0 Å². The van der Waals surface area contributed by atoms with Crippen LogP contribution in [-0.4, -0.2) is 34.8 Å². The molecule has 0 aromatic heterocycles. The molecule has 0 spiro atoms. The fourth-order valence-corrected chi connectivity index (χ4v) is 3.26. The van der Waals surface area contributed by atoms with Gasteiger partial charge in [-0.1, -0.05) is 0 Å². The quantitative estimate of drug-likeness (QED) is 0.646. The van der Waals surface area contributed by atoms with Crippen LogP contribution in [0, 0.1) is 0 Å². The Morgan fingerprint density at radius 1 is 1.30 bits per heavy atom. The fourth-order valence-electron chi connectivity index (χ4n) is 0.626. The van der Waals surface area contributed by atoms with Crippen LogP contribution >= 0.6 is 11.6 Å². The summed E-state index contributed by atoms with van der Waals surface area (Å²) in [7, 11) is -1.60. The van der Waals surface area contributed by atoms with Crippen molar-refractivity contribution >= 4 is 50.8 Å². The van der Waals surface area contributed by atoms with Gasteiger partial charge in [-0.25, -0.2) is 0 Å². The van der Waals surface area contributed by atoms with Gasteiger partial charge in [0.25, 0.3) is 0 Å². The molecule has 0 N–H and O–H groups in total. The molecule has 0 aliphatic rings. The third-order valence-corrected chi connectivity index (χ3v) is 5.81. The number of hydrogen-bond donors (Lipinski definition) is 0. The van der Waals surface area contributed by atoms with Gasteiger partial charge in [0.15, 0.2) is 0 Å². The van der Waals surface area contributed by atoms with Crippen molar-refractivity contribution in [2.75, 3.05) is 0 Å². The van der Waals surface area contributed by atoms with Crippen molar-refractivity contribution in [3.63, 3.8) is 0 Å². The van der Waals surface area contributed by atoms with Crippen LogP contribution in [0.3, 0.4) is 0 Å². The van der Waals surface area contributed by atoms with Gasteiger partial charge in [0.2, 0.25) is 0 Å². The molecule has 1 unspecified atom stereocenters. The summed E-state index contributed by atoms with van der Waals surface area (Å²) in [6.07, 6.45) is 0. The summed E-state index contributed by atoms with van der Waals surface area (Å²) in [5, 5.41) is 0.706. The van der Waals surface area contributed by atoms with E-state index in [-0.39, 0.29) is 0 Å². The average molecular weight is 230 g/mol. The maximum atomic E-state index is 11.0. The zero-order valence-electron chi connectivity index (χ0n) is 5.50. The molecule has 0 saturated carbocycles. The van der Waals surface area contributed by atoms with Gasteiger partial charge < -0.3 is 0 Å². The summed E-state index contributed by atoms with van der Waals surface area (Å²) in [4.78, 5) is 0. The summed E-state index contributed by atoms with van der Waals surface area (Å²) in [5.74, 6) is 0. The molecule has 10 heavy (non-hydrogen) atoms. The van der Waals surface area contributed by atoms with Gasteiger partial charge in [-0.2, -0.15) is 0 Å². The van der Waals surface area contributed by atoms with E-state index in [0.717, 1.165) is 29.8 Å². The van der Waals surface area contributed by atoms with Crippen molar-refractivity contribution < 1.29 is 3.83 Å². The van der Waals surface area contributed by atoms with Crippen molar-refractivity contribution in [3.8, 4) is 0 Å². The first-order chi connectivity index (χ1) is 4.70. The molecular formula is C6H4ClNaOSe. The van der Waals surface area contributed by atoms with E-state index in [4.69, 9.17) is 11.6 Å². The Labute approximate surface area is 83.1 Å². The van der Waals surface area contributed by atoms with Crippen LogP contribution < -0.4 is 4.46 Å². The number of halogens is 1. The molecule has 1 atom stereocenters. The third-order valence-electron chi connectivity index (χ3n) is 1.15. The topological polar surface area (TPSA) is 17.1 Å². The summed E-state index contributed by atoms with van der Waals surface area (Å²) >= 11 is 6.42. The second kappa shape index (κ2) is 4.01. The normalized spacial score (nSPS) is 13.1. The van der Waals surface area contributed by atoms with E-state index in [1.165, 1.54) is 0 Å². The van der Waals surface area contributed by atoms with E-state index in [9.17, 15) is 3.83 Å². The summed E-state index contributed by atoms with van der Waals surface area (Å²) in [5.41, 5.74) is 0. The number of hydrogen-bond acceptors (Lipinski definition) is 1. The Kier molecular flexibility index (Phi) is 3.57. The molecule has 0 radical (unpaired) electrons. The average Bonchev–Trinajstić information content (AvgIpc) is 1.88. The standard InChI is InChI=1S/C6H4ClOSe.Na/c7-5-1-3-6(9-8)4-2-5;/h1-4H;/q+1;-1. The minimum atomic E-state index is -1.60. The van der Waals surface area contributed by atoms with Gasteiger partial charge in [0.1, 0.15) is 0 Å². The van der Waals surface area contributed by atoms with Crippen molar-refractivity contribution in [3.05, 3.63) is 29.3 Å². The van der Waals surface area contributed by atoms with Crippen LogP contribution in [0.15, 0.2) is 24.3 Å². The van der Waals surface area contributed by atoms with E-state index in [1.54, 1.807) is 12.1 Å². The van der Waals surface area contributed by atoms with Gasteiger partial charge in [0, 0.05) is 0 Å². The second-order valence-corrected chi connectivity index (χ2v) is 9.09. The molecule has 0 heterocycles. The molecule has 0 bridgehead atoms. The monoisotopic (exact) mass is 230 g/mol. The summed E-state index contributed by atoms with van der Waals surface area (Å²) < 4.78 is 12.0. The Hall–Kier alpha value is 0.829. The summed E-state index contributed by atoms with van der Waals surface area (Å²) in [6, 6.07) is 7.24. The SMILES string of the molecule is O=[Se]([Na])c1ccc(Cl)cc1. The van der Waals surface area contributed by atoms with Crippen molar-refractivity contribution in [1.82, 2.24) is 0 Å². The maximum absolute atomic E-state index is 11.0. The van der Waals surface area contributed by atoms with Crippen LogP contribution in [0.2, 0.25) is 5.02 Å². The first-order valence-electron chi connectivity index (χ1n) is 2.79. The Bertz CT molecular complexity index is 246. The van der Waals surface area contributed by atoms with Crippen molar-refractivity contribution in [1.29, 1.82) is 0 Å². The van der Waals surface area contributed by atoms with Gasteiger partial charge >= 0.3 is 84.0 Å². The zero-order chi connectivity index (χ0) is 7.56. The van der Waals surface area contributed by atoms with Gasteiger partial charge in [-0.05, 0) is 0 Å². The molecule has 1 rings (SSSR count). The molecule has 48 valence electrons. The molecule has 0 amide bonds. The molecular weight excluding hydrogens is 225 g/mol. The van der Waals surface area contributed by atoms with E-state index in [0.29, 0.717) is 5.02 Å². The van der Waals surface area contributed by atoms with Gasteiger partial charge in [-0.3, -0.25) is 0 Å². The summed E-state index contributed by atoms with van der Waals surface area (Å²) in [6.45, 7) is 0. The van der Waals surface area contributed by atoms with E-state index >= 15 is 0 Å². The Morgan fingerprint density at radius 3 is 2.20 bits per heavy atom. The van der Waals surface area contributed by atoms with E-state index < -0.39 is 9.39 Å². The van der Waals surface area contributed by atoms with Crippen molar-refractivity contribution in [2.45, 2.75) is 0 Å². The Balaban J connectivity index is 3.00. The van der Waals surface area contributed by atoms with Crippen LogP contribution in [-0.2, 0) is 3.83 Å². The first kappa shape index (κ1) is 8.92. The Morgan fingerprint density at radius 2 is 1.80 bits per heavy atom. The van der Waals surface area contributed by atoms with Gasteiger partial charge in [-0.15, -0.1) is 0 Å². The van der Waals surface area contributed by atoms with Crippen LogP contribution in [0.25, 0.3) is 0 Å². The third kappa shape index (κ3) is 2.46. The van der Waals surface area contributed by atoms with Crippen LogP contribution in [0.1, 0.15) is 0 Å². The predicted octanol–water partition coefficient (Wildman–Crippen LogP) is 0.634. The van der Waals surface area contributed by atoms with Crippen molar-refractivity contribution in [2.24, 2.45) is 0 Å². The molecule has 0 fully saturated rings. The minimum absolute atomic E-state index is 0.706. The second-order valence-electron chi connectivity index (χ2n) is 1.91. The fraction of sp³-hybridized carbons (Fsp3) is 0. The predicted molar refractivity (Wildman–Crippen MR) is 43.3 cm³/mol. The molecule has 1 aromatic rings. The molecule has 0 aliphatic heterocycles. The molecule has 0 saturated heterocycles. The number of benzene rings is 1. The van der Waals surface area contributed by atoms with E-state index in [2.05, 4.69) is 0 Å². The first-order valence-corrected chi connectivity index (χ1v) is 10.7. The van der Waals surface area contributed by atoms with E-state index in [1.807, 2.05) is 12.1 Å². The molecule has 1 aromatic carbocycles. The molecule has 4 heteroatoms. The molecule has 0 aliphatic carbocycles. The van der Waals surface area contributed by atoms with Crippen LogP contribution in [0.4, 0.5) is 0 Å².